The fraction of sp³-hybridized carbons (Fsp3) is 0.571. The maximum atomic E-state index is 12.9. The summed E-state index contributed by atoms with van der Waals surface area (Å²) in [4.78, 5) is 1.99. The number of rotatable bonds is 5. The Balaban J connectivity index is 2.25. The van der Waals surface area contributed by atoms with Gasteiger partial charge in [0.2, 0.25) is 6.43 Å². The summed E-state index contributed by atoms with van der Waals surface area (Å²) in [5, 5.41) is 13.3. The number of nitrogens with zero attached hydrogens (tertiary/aromatic N) is 1. The number of phenolic OH excluding ortho intramolecular Hbond substituents is 1. The Morgan fingerprint density at radius 2 is 2.05 bits per heavy atom. The number of phenols is 1. The third kappa shape index (κ3) is 3.58. The third-order valence-corrected chi connectivity index (χ3v) is 3.59. The van der Waals surface area contributed by atoms with Crippen molar-refractivity contribution in [2.24, 2.45) is 0 Å². The third-order valence-electron chi connectivity index (χ3n) is 3.59. The Morgan fingerprint density at radius 3 is 2.60 bits per heavy atom. The summed E-state index contributed by atoms with van der Waals surface area (Å²) in [6, 6.07) is 4.36. The lowest BCUT2D eigenvalue weighted by molar-refractivity contribution is 0.0729. The molecule has 1 atom stereocenters. The lowest BCUT2D eigenvalue weighted by Crippen LogP contribution is -2.45. The molecule has 0 amide bonds. The molecule has 0 spiro atoms. The lowest BCUT2D eigenvalue weighted by Gasteiger charge is -2.35. The molecular weight excluding hydrogens is 266 g/mol. The molecule has 2 N–H and O–H groups in total. The van der Waals surface area contributed by atoms with E-state index in [1.165, 1.54) is 13.2 Å². The summed E-state index contributed by atoms with van der Waals surface area (Å²) in [7, 11) is 1.50. The van der Waals surface area contributed by atoms with Crippen LogP contribution >= 0.6 is 0 Å². The molecule has 1 aromatic carbocycles. The van der Waals surface area contributed by atoms with E-state index >= 15 is 0 Å². The van der Waals surface area contributed by atoms with Crippen LogP contribution in [0.4, 0.5) is 8.78 Å². The van der Waals surface area contributed by atoms with Gasteiger partial charge in [0.05, 0.1) is 7.11 Å². The van der Waals surface area contributed by atoms with Crippen molar-refractivity contribution in [2.45, 2.75) is 18.9 Å². The molecule has 1 aliphatic rings. The quantitative estimate of drug-likeness (QED) is 0.869. The minimum atomic E-state index is -2.41. The Hall–Kier alpha value is -1.40. The molecule has 2 rings (SSSR count). The first-order valence-electron chi connectivity index (χ1n) is 6.71. The van der Waals surface area contributed by atoms with Crippen LogP contribution in [0.3, 0.4) is 0 Å². The van der Waals surface area contributed by atoms with Gasteiger partial charge in [-0.2, -0.15) is 0 Å². The predicted octanol–water partition coefficient (Wildman–Crippen LogP) is 2.00. The van der Waals surface area contributed by atoms with Gasteiger partial charge in [0.15, 0.2) is 0 Å². The number of hydrogen-bond donors (Lipinski definition) is 2. The average Bonchev–Trinajstić information content (AvgIpc) is 2.45. The summed E-state index contributed by atoms with van der Waals surface area (Å²) in [6.45, 7) is 2.94. The van der Waals surface area contributed by atoms with Crippen molar-refractivity contribution in [3.05, 3.63) is 23.8 Å². The zero-order chi connectivity index (χ0) is 14.5. The van der Waals surface area contributed by atoms with Crippen molar-refractivity contribution in [1.82, 2.24) is 10.2 Å². The first-order chi connectivity index (χ1) is 9.61. The molecule has 20 heavy (non-hydrogen) atoms. The van der Waals surface area contributed by atoms with E-state index in [0.717, 1.165) is 13.1 Å². The van der Waals surface area contributed by atoms with Crippen LogP contribution < -0.4 is 10.1 Å². The van der Waals surface area contributed by atoms with Crippen molar-refractivity contribution >= 4 is 0 Å². The molecule has 1 heterocycles. The highest BCUT2D eigenvalue weighted by Crippen LogP contribution is 2.35. The smallest absolute Gasteiger partial charge is 0.240 e. The van der Waals surface area contributed by atoms with E-state index in [1.807, 2.05) is 4.90 Å². The number of aromatic hydroxyl groups is 1. The van der Waals surface area contributed by atoms with Crippen molar-refractivity contribution in [2.75, 3.05) is 33.3 Å². The van der Waals surface area contributed by atoms with E-state index < -0.39 is 12.5 Å². The van der Waals surface area contributed by atoms with Gasteiger partial charge in [-0.15, -0.1) is 0 Å². The van der Waals surface area contributed by atoms with E-state index in [0.29, 0.717) is 24.4 Å². The van der Waals surface area contributed by atoms with Gasteiger partial charge in [0.1, 0.15) is 11.5 Å². The minimum Gasteiger partial charge on any atom is -0.507 e. The summed E-state index contributed by atoms with van der Waals surface area (Å²) < 4.78 is 30.7. The summed E-state index contributed by atoms with van der Waals surface area (Å²) in [6.07, 6.45) is -2.68. The molecule has 1 saturated heterocycles. The normalized spacial score (nSPS) is 18.2. The average molecular weight is 286 g/mol. The van der Waals surface area contributed by atoms with Crippen LogP contribution in [0, 0.1) is 0 Å². The zero-order valence-electron chi connectivity index (χ0n) is 11.5. The highest BCUT2D eigenvalue weighted by Gasteiger charge is 2.27. The van der Waals surface area contributed by atoms with Gasteiger partial charge in [-0.05, 0) is 6.07 Å². The Morgan fingerprint density at radius 1 is 1.35 bits per heavy atom. The Labute approximate surface area is 117 Å². The number of ether oxygens (including phenoxy) is 1. The first-order valence-corrected chi connectivity index (χ1v) is 6.71. The van der Waals surface area contributed by atoms with E-state index in [1.54, 1.807) is 12.1 Å². The molecule has 6 heteroatoms. The van der Waals surface area contributed by atoms with Crippen molar-refractivity contribution in [3.63, 3.8) is 0 Å². The standard InChI is InChI=1S/C14H20F2N2O2/c1-20-10-2-3-11(13(19)8-10)12(9-14(15)16)18-6-4-17-5-7-18/h2-3,8,12,14,17,19H,4-7,9H2,1H3/t12-/m1/s1. The second kappa shape index (κ2) is 6.85. The number of hydrogen-bond acceptors (Lipinski definition) is 4. The fourth-order valence-electron chi connectivity index (χ4n) is 2.57. The second-order valence-corrected chi connectivity index (χ2v) is 4.85. The molecule has 1 aliphatic heterocycles. The predicted molar refractivity (Wildman–Crippen MR) is 72.5 cm³/mol. The highest BCUT2D eigenvalue weighted by molar-refractivity contribution is 5.41. The van der Waals surface area contributed by atoms with Crippen LogP contribution in [0.1, 0.15) is 18.0 Å². The highest BCUT2D eigenvalue weighted by atomic mass is 19.3. The number of halogens is 2. The number of benzene rings is 1. The summed E-state index contributed by atoms with van der Waals surface area (Å²) in [5.74, 6) is 0.524. The van der Waals surface area contributed by atoms with Crippen LogP contribution in [-0.4, -0.2) is 49.7 Å². The van der Waals surface area contributed by atoms with E-state index in [2.05, 4.69) is 5.32 Å². The monoisotopic (exact) mass is 286 g/mol. The number of nitrogens with one attached hydrogen (secondary N) is 1. The molecule has 0 aromatic heterocycles. The van der Waals surface area contributed by atoms with Gasteiger partial charge in [-0.1, -0.05) is 6.07 Å². The van der Waals surface area contributed by atoms with Crippen LogP contribution in [0.25, 0.3) is 0 Å². The van der Waals surface area contributed by atoms with E-state index in [4.69, 9.17) is 4.74 Å². The first kappa shape index (κ1) is 15.0. The molecule has 0 bridgehead atoms. The van der Waals surface area contributed by atoms with Gasteiger partial charge in [-0.25, -0.2) is 8.78 Å². The number of piperazine rings is 1. The minimum absolute atomic E-state index is 0.00790. The molecule has 0 saturated carbocycles. The number of methoxy groups -OCH3 is 1. The molecule has 1 fully saturated rings. The van der Waals surface area contributed by atoms with E-state index in [9.17, 15) is 13.9 Å². The van der Waals surface area contributed by atoms with Crippen LogP contribution in [0.5, 0.6) is 11.5 Å². The Bertz CT molecular complexity index is 437. The maximum Gasteiger partial charge on any atom is 0.240 e. The number of alkyl halides is 2. The van der Waals surface area contributed by atoms with Gasteiger partial charge < -0.3 is 15.2 Å². The molecule has 0 aliphatic carbocycles. The van der Waals surface area contributed by atoms with Gasteiger partial charge in [0.25, 0.3) is 0 Å². The topological polar surface area (TPSA) is 44.7 Å². The molecule has 1 aromatic rings. The molecule has 0 unspecified atom stereocenters. The van der Waals surface area contributed by atoms with Gasteiger partial charge in [-0.3, -0.25) is 4.90 Å². The Kier molecular flexibility index (Phi) is 5.14. The lowest BCUT2D eigenvalue weighted by atomic mass is 10.00. The molecular formula is C14H20F2N2O2. The molecule has 4 nitrogen and oxygen atoms in total. The van der Waals surface area contributed by atoms with Crippen LogP contribution in [0.2, 0.25) is 0 Å². The molecule has 112 valence electrons. The summed E-state index contributed by atoms with van der Waals surface area (Å²) >= 11 is 0. The van der Waals surface area contributed by atoms with Crippen molar-refractivity contribution < 1.29 is 18.6 Å². The van der Waals surface area contributed by atoms with Gasteiger partial charge in [0, 0.05) is 50.3 Å². The maximum absolute atomic E-state index is 12.9. The fourth-order valence-corrected chi connectivity index (χ4v) is 2.57. The zero-order valence-corrected chi connectivity index (χ0v) is 11.5. The summed E-state index contributed by atoms with van der Waals surface area (Å²) in [5.41, 5.74) is 0.535. The van der Waals surface area contributed by atoms with Crippen molar-refractivity contribution in [1.29, 1.82) is 0 Å². The van der Waals surface area contributed by atoms with E-state index in [-0.39, 0.29) is 12.2 Å². The van der Waals surface area contributed by atoms with Gasteiger partial charge >= 0.3 is 0 Å². The molecule has 0 radical (unpaired) electrons. The van der Waals surface area contributed by atoms with Crippen LogP contribution in [0.15, 0.2) is 18.2 Å². The SMILES string of the molecule is COc1ccc([C@@H](CC(F)F)N2CCNCC2)c(O)c1. The van der Waals surface area contributed by atoms with Crippen molar-refractivity contribution in [3.8, 4) is 11.5 Å². The van der Waals surface area contributed by atoms with Crippen LogP contribution in [-0.2, 0) is 0 Å². The largest absolute Gasteiger partial charge is 0.507 e. The second-order valence-electron chi connectivity index (χ2n) is 4.85.